The minimum atomic E-state index is -0.408. The van der Waals surface area contributed by atoms with Crippen molar-refractivity contribution >= 4 is 23.6 Å². The number of ether oxygens (including phenoxy) is 1. The number of fused-ring (bicyclic) bond motifs is 1. The normalized spacial score (nSPS) is 26.9. The Morgan fingerprint density at radius 1 is 1.27 bits per heavy atom. The van der Waals surface area contributed by atoms with Crippen LogP contribution in [0, 0.1) is 5.41 Å². The van der Waals surface area contributed by atoms with Gasteiger partial charge in [0.2, 0.25) is 5.91 Å². The number of cyclic esters (lactones) is 1. The van der Waals surface area contributed by atoms with E-state index in [2.05, 4.69) is 12.2 Å². The number of halogens is 1. The van der Waals surface area contributed by atoms with Gasteiger partial charge in [0.05, 0.1) is 11.0 Å². The molecule has 3 heterocycles. The molecule has 0 aliphatic carbocycles. The fourth-order valence-electron chi connectivity index (χ4n) is 4.35. The predicted molar refractivity (Wildman–Crippen MR) is 98.1 cm³/mol. The van der Waals surface area contributed by atoms with E-state index < -0.39 is 5.41 Å². The Labute approximate surface area is 158 Å². The van der Waals surface area contributed by atoms with E-state index in [1.807, 2.05) is 34.1 Å². The predicted octanol–water partition coefficient (Wildman–Crippen LogP) is 1.92. The third-order valence-electron chi connectivity index (χ3n) is 6.12. The first-order chi connectivity index (χ1) is 12.5. The van der Waals surface area contributed by atoms with Crippen LogP contribution in [0.1, 0.15) is 18.9 Å². The Balaban J connectivity index is 1.52. The average Bonchev–Trinajstić information content (AvgIpc) is 2.96. The second-order valence-electron chi connectivity index (χ2n) is 7.70. The first-order valence-electron chi connectivity index (χ1n) is 9.17. The van der Waals surface area contributed by atoms with Crippen LogP contribution in [0.2, 0.25) is 5.02 Å². The highest BCUT2D eigenvalue weighted by Crippen LogP contribution is 2.36. The molecule has 3 aliphatic heterocycles. The van der Waals surface area contributed by atoms with Gasteiger partial charge in [0.25, 0.3) is 0 Å². The summed E-state index contributed by atoms with van der Waals surface area (Å²) in [5.74, 6) is 0.179. The molecule has 0 saturated carbocycles. The van der Waals surface area contributed by atoms with Crippen LogP contribution in [0.4, 0.5) is 4.79 Å². The molecular weight excluding hydrogens is 354 g/mol. The maximum Gasteiger partial charge on any atom is 0.410 e. The molecular formula is C19H24ClN3O3. The molecule has 0 bridgehead atoms. The van der Waals surface area contributed by atoms with Crippen molar-refractivity contribution in [3.05, 3.63) is 34.9 Å². The Morgan fingerprint density at radius 3 is 2.62 bits per heavy atom. The van der Waals surface area contributed by atoms with Gasteiger partial charge >= 0.3 is 6.09 Å². The average molecular weight is 378 g/mol. The third-order valence-corrected chi connectivity index (χ3v) is 6.37. The van der Waals surface area contributed by atoms with Gasteiger partial charge in [0, 0.05) is 37.7 Å². The fraction of sp³-hybridized carbons (Fsp3) is 0.579. The van der Waals surface area contributed by atoms with Crippen LogP contribution in [-0.2, 0) is 16.0 Å². The second kappa shape index (κ2) is 6.43. The van der Waals surface area contributed by atoms with Crippen LogP contribution in [0.25, 0.3) is 0 Å². The van der Waals surface area contributed by atoms with Gasteiger partial charge in [-0.2, -0.15) is 0 Å². The van der Waals surface area contributed by atoms with Gasteiger partial charge in [0.1, 0.15) is 6.61 Å². The molecule has 0 radical (unpaired) electrons. The van der Waals surface area contributed by atoms with Crippen molar-refractivity contribution in [2.24, 2.45) is 5.41 Å². The molecule has 1 aromatic carbocycles. The number of rotatable bonds is 4. The highest BCUT2D eigenvalue weighted by Gasteiger charge is 2.53. The summed E-state index contributed by atoms with van der Waals surface area (Å²) in [6.45, 7) is 5.45. The standard InChI is InChI=1S/C19H24ClN3O3/c1-2-19-12-22(7-8-23(19)17(25)26-13-19)16(24)18(10-21-11-18)9-14-3-5-15(20)6-4-14/h3-6,21H,2,7-13H2,1H3. The van der Waals surface area contributed by atoms with E-state index in [9.17, 15) is 9.59 Å². The molecule has 7 heteroatoms. The number of amides is 2. The molecule has 140 valence electrons. The lowest BCUT2D eigenvalue weighted by Gasteiger charge is -2.49. The van der Waals surface area contributed by atoms with Crippen LogP contribution in [0.3, 0.4) is 0 Å². The third kappa shape index (κ3) is 2.76. The van der Waals surface area contributed by atoms with Gasteiger partial charge in [-0.3, -0.25) is 9.69 Å². The first-order valence-corrected chi connectivity index (χ1v) is 9.55. The largest absolute Gasteiger partial charge is 0.447 e. The summed E-state index contributed by atoms with van der Waals surface area (Å²) < 4.78 is 5.28. The van der Waals surface area contributed by atoms with Crippen molar-refractivity contribution in [2.45, 2.75) is 25.3 Å². The van der Waals surface area contributed by atoms with Gasteiger partial charge < -0.3 is 15.0 Å². The number of nitrogens with zero attached hydrogens (tertiary/aromatic N) is 2. The monoisotopic (exact) mass is 377 g/mol. The number of hydrogen-bond acceptors (Lipinski definition) is 4. The Bertz CT molecular complexity index is 719. The zero-order valence-electron chi connectivity index (χ0n) is 15.0. The van der Waals surface area contributed by atoms with Crippen molar-refractivity contribution in [3.8, 4) is 0 Å². The molecule has 4 rings (SSSR count). The Hall–Kier alpha value is -1.79. The van der Waals surface area contributed by atoms with Gasteiger partial charge in [-0.15, -0.1) is 0 Å². The van der Waals surface area contributed by atoms with Gasteiger partial charge in [-0.05, 0) is 30.5 Å². The topological polar surface area (TPSA) is 61.9 Å². The number of hydrogen-bond donors (Lipinski definition) is 1. The Morgan fingerprint density at radius 2 is 2.00 bits per heavy atom. The van der Waals surface area contributed by atoms with Gasteiger partial charge in [-0.25, -0.2) is 4.79 Å². The molecule has 1 N–H and O–H groups in total. The summed E-state index contributed by atoms with van der Waals surface area (Å²) >= 11 is 5.98. The summed E-state index contributed by atoms with van der Waals surface area (Å²) in [5, 5.41) is 3.97. The van der Waals surface area contributed by atoms with Crippen LogP contribution in [0.5, 0.6) is 0 Å². The maximum absolute atomic E-state index is 13.4. The molecule has 6 nitrogen and oxygen atoms in total. The van der Waals surface area contributed by atoms with Crippen LogP contribution in [-0.4, -0.2) is 66.7 Å². The number of carbonyl (C=O) groups is 2. The molecule has 0 spiro atoms. The summed E-state index contributed by atoms with van der Waals surface area (Å²) in [5.41, 5.74) is 0.338. The van der Waals surface area contributed by atoms with E-state index in [1.54, 1.807) is 0 Å². The van der Waals surface area contributed by atoms with E-state index in [1.165, 1.54) is 0 Å². The van der Waals surface area contributed by atoms with Gasteiger partial charge in [-0.1, -0.05) is 30.7 Å². The van der Waals surface area contributed by atoms with Crippen molar-refractivity contribution in [1.29, 1.82) is 0 Å². The van der Waals surface area contributed by atoms with Gasteiger partial charge in [0.15, 0.2) is 0 Å². The van der Waals surface area contributed by atoms with Crippen molar-refractivity contribution in [1.82, 2.24) is 15.1 Å². The first kappa shape index (κ1) is 17.6. The number of benzene rings is 1. The molecule has 3 saturated heterocycles. The number of piperazine rings is 1. The Kier molecular flexibility index (Phi) is 4.35. The van der Waals surface area contributed by atoms with Crippen molar-refractivity contribution < 1.29 is 14.3 Å². The number of carbonyl (C=O) groups excluding carboxylic acids is 2. The quantitative estimate of drug-likeness (QED) is 0.870. The minimum absolute atomic E-state index is 0.179. The minimum Gasteiger partial charge on any atom is -0.447 e. The van der Waals surface area contributed by atoms with E-state index >= 15 is 0 Å². The molecule has 3 aliphatic rings. The highest BCUT2D eigenvalue weighted by atomic mass is 35.5. The van der Waals surface area contributed by atoms with Crippen LogP contribution >= 0.6 is 11.6 Å². The SMILES string of the molecule is CCC12COC(=O)N1CCN(C(=O)C1(Cc3ccc(Cl)cc3)CNC1)C2. The zero-order valence-corrected chi connectivity index (χ0v) is 15.7. The smallest absolute Gasteiger partial charge is 0.410 e. The van der Waals surface area contributed by atoms with E-state index in [0.29, 0.717) is 50.8 Å². The molecule has 0 aromatic heterocycles. The highest BCUT2D eigenvalue weighted by molar-refractivity contribution is 6.30. The second-order valence-corrected chi connectivity index (χ2v) is 8.13. The fourth-order valence-corrected chi connectivity index (χ4v) is 4.47. The molecule has 1 unspecified atom stereocenters. The van der Waals surface area contributed by atoms with Crippen molar-refractivity contribution in [3.63, 3.8) is 0 Å². The van der Waals surface area contributed by atoms with E-state index in [-0.39, 0.29) is 17.5 Å². The summed E-state index contributed by atoms with van der Waals surface area (Å²) in [6, 6.07) is 7.72. The van der Waals surface area contributed by atoms with Crippen LogP contribution in [0.15, 0.2) is 24.3 Å². The summed E-state index contributed by atoms with van der Waals surface area (Å²) in [7, 11) is 0. The number of nitrogens with one attached hydrogen (secondary N) is 1. The zero-order chi connectivity index (χ0) is 18.4. The molecule has 1 atom stereocenters. The lowest BCUT2D eigenvalue weighted by Crippen LogP contribution is -2.68. The van der Waals surface area contributed by atoms with E-state index in [4.69, 9.17) is 16.3 Å². The molecule has 3 fully saturated rings. The van der Waals surface area contributed by atoms with Crippen molar-refractivity contribution in [2.75, 3.05) is 39.3 Å². The summed E-state index contributed by atoms with van der Waals surface area (Å²) in [4.78, 5) is 29.1. The lowest BCUT2D eigenvalue weighted by molar-refractivity contribution is -0.149. The van der Waals surface area contributed by atoms with Crippen LogP contribution < -0.4 is 5.32 Å². The molecule has 2 amide bonds. The summed E-state index contributed by atoms with van der Waals surface area (Å²) in [6.07, 6.45) is 1.23. The molecule has 1 aromatic rings. The lowest BCUT2D eigenvalue weighted by atomic mass is 9.74. The molecule has 26 heavy (non-hydrogen) atoms. The maximum atomic E-state index is 13.4. The van der Waals surface area contributed by atoms with E-state index in [0.717, 1.165) is 12.0 Å².